The first-order valence-electron chi connectivity index (χ1n) is 16.2. The van der Waals surface area contributed by atoms with Gasteiger partial charge in [0, 0.05) is 37.7 Å². The average molecular weight is 720 g/mol. The lowest BCUT2D eigenvalue weighted by Gasteiger charge is -2.22. The minimum absolute atomic E-state index is 0.0855. The van der Waals surface area contributed by atoms with Gasteiger partial charge in [0.2, 0.25) is 5.91 Å². The minimum atomic E-state index is -0.729. The van der Waals surface area contributed by atoms with Crippen molar-refractivity contribution in [1.29, 1.82) is 0 Å². The molecule has 1 aromatic heterocycles. The number of thioether (sulfide) groups is 1. The number of benzene rings is 5. The molecule has 8 nitrogen and oxygen atoms in total. The van der Waals surface area contributed by atoms with Crippen LogP contribution in [0.4, 0.5) is 11.4 Å². The van der Waals surface area contributed by atoms with Crippen LogP contribution in [-0.4, -0.2) is 29.3 Å². The molecule has 0 aliphatic heterocycles. The fourth-order valence-corrected chi connectivity index (χ4v) is 7.44. The molecule has 1 heterocycles. The SMILES string of the molecule is O=C(Nc1ccc(SC(C(=O)Nc2cccc3c2C(=O)c2ccccc2C3=O)c2ccccc2)cc1)/C(=C/c1cccs1)NC(=O)c1ccccc1. The molecule has 1 aliphatic carbocycles. The van der Waals surface area contributed by atoms with Crippen LogP contribution in [0.15, 0.2) is 155 Å². The molecule has 3 amide bonds. The highest BCUT2D eigenvalue weighted by molar-refractivity contribution is 8.00. The van der Waals surface area contributed by atoms with Gasteiger partial charge in [-0.15, -0.1) is 23.1 Å². The van der Waals surface area contributed by atoms with Crippen molar-refractivity contribution in [3.8, 4) is 0 Å². The van der Waals surface area contributed by atoms with Crippen LogP contribution in [0.1, 0.15) is 57.9 Å². The molecule has 0 saturated carbocycles. The highest BCUT2D eigenvalue weighted by Gasteiger charge is 2.32. The Labute approximate surface area is 307 Å². The number of hydrogen-bond acceptors (Lipinski definition) is 7. The molecule has 0 spiro atoms. The predicted octanol–water partition coefficient (Wildman–Crippen LogP) is 8.41. The minimum Gasteiger partial charge on any atom is -0.324 e. The third-order valence-electron chi connectivity index (χ3n) is 8.28. The molecule has 254 valence electrons. The maximum Gasteiger partial charge on any atom is 0.272 e. The second kappa shape index (κ2) is 15.3. The van der Waals surface area contributed by atoms with Gasteiger partial charge in [0.1, 0.15) is 10.9 Å². The largest absolute Gasteiger partial charge is 0.324 e. The molecule has 7 rings (SSSR count). The van der Waals surface area contributed by atoms with Crippen LogP contribution in [0.3, 0.4) is 0 Å². The van der Waals surface area contributed by atoms with Gasteiger partial charge >= 0.3 is 0 Å². The summed E-state index contributed by atoms with van der Waals surface area (Å²) < 4.78 is 0. The molecule has 1 aliphatic rings. The molecule has 1 atom stereocenters. The molecular weight excluding hydrogens is 691 g/mol. The summed E-state index contributed by atoms with van der Waals surface area (Å²) in [5.41, 5.74) is 3.05. The second-order valence-electron chi connectivity index (χ2n) is 11.7. The maximum absolute atomic E-state index is 14.0. The number of hydrogen-bond donors (Lipinski definition) is 3. The van der Waals surface area contributed by atoms with Crippen molar-refractivity contribution in [1.82, 2.24) is 5.32 Å². The summed E-state index contributed by atoms with van der Waals surface area (Å²) >= 11 is 2.73. The van der Waals surface area contributed by atoms with Gasteiger partial charge in [-0.25, -0.2) is 0 Å². The number of anilines is 2. The highest BCUT2D eigenvalue weighted by Crippen LogP contribution is 2.38. The van der Waals surface area contributed by atoms with Crippen LogP contribution in [0, 0.1) is 0 Å². The number of ketones is 2. The van der Waals surface area contributed by atoms with Gasteiger partial charge in [0.25, 0.3) is 11.8 Å². The summed E-state index contributed by atoms with van der Waals surface area (Å²) in [5.74, 6) is -1.88. The Hall–Kier alpha value is -6.36. The normalized spacial score (nSPS) is 12.7. The van der Waals surface area contributed by atoms with Gasteiger partial charge in [-0.05, 0) is 65.6 Å². The molecule has 0 radical (unpaired) electrons. The van der Waals surface area contributed by atoms with Crippen LogP contribution in [0.2, 0.25) is 0 Å². The van der Waals surface area contributed by atoms with Gasteiger partial charge in [0.15, 0.2) is 11.6 Å². The molecular formula is C42H29N3O5S2. The lowest BCUT2D eigenvalue weighted by atomic mass is 9.83. The summed E-state index contributed by atoms with van der Waals surface area (Å²) in [6.45, 7) is 0. The van der Waals surface area contributed by atoms with E-state index >= 15 is 0 Å². The fourth-order valence-electron chi connectivity index (χ4n) is 5.76. The van der Waals surface area contributed by atoms with E-state index in [1.165, 1.54) is 23.1 Å². The van der Waals surface area contributed by atoms with E-state index in [9.17, 15) is 24.0 Å². The van der Waals surface area contributed by atoms with Crippen molar-refractivity contribution < 1.29 is 24.0 Å². The standard InChI is InChI=1S/C42H29N3O5S2/c46-37-31-16-7-8-17-32(31)38(47)36-33(37)18-9-19-34(36)44-42(50)39(26-11-3-1-4-12-26)52-29-22-20-28(21-23-29)43-41(49)35(25-30-15-10-24-51-30)45-40(48)27-13-5-2-6-14-27/h1-25,39H,(H,43,49)(H,44,50)(H,45,48)/b35-25-. The average Bonchev–Trinajstić information content (AvgIpc) is 3.70. The van der Waals surface area contributed by atoms with Gasteiger partial charge in [-0.3, -0.25) is 24.0 Å². The third kappa shape index (κ3) is 7.39. The number of rotatable bonds is 10. The zero-order chi connectivity index (χ0) is 36.0. The summed E-state index contributed by atoms with van der Waals surface area (Å²) in [6, 6.07) is 40.2. The van der Waals surface area contributed by atoms with Gasteiger partial charge in [0.05, 0.1) is 11.3 Å². The first-order valence-corrected chi connectivity index (χ1v) is 18.0. The van der Waals surface area contributed by atoms with E-state index in [4.69, 9.17) is 0 Å². The number of fused-ring (bicyclic) bond motifs is 2. The summed E-state index contributed by atoms with van der Waals surface area (Å²) in [6.07, 6.45) is 1.63. The van der Waals surface area contributed by atoms with Gasteiger partial charge in [-0.2, -0.15) is 0 Å². The van der Waals surface area contributed by atoms with Crippen molar-refractivity contribution in [3.63, 3.8) is 0 Å². The lowest BCUT2D eigenvalue weighted by molar-refractivity contribution is -0.116. The maximum atomic E-state index is 14.0. The van der Waals surface area contributed by atoms with Crippen molar-refractivity contribution in [2.75, 3.05) is 10.6 Å². The van der Waals surface area contributed by atoms with Gasteiger partial charge in [-0.1, -0.05) is 91.0 Å². The Balaban J connectivity index is 1.09. The molecule has 6 aromatic rings. The van der Waals surface area contributed by atoms with Gasteiger partial charge < -0.3 is 16.0 Å². The molecule has 10 heteroatoms. The Morgan fingerprint density at radius 2 is 1.29 bits per heavy atom. The Morgan fingerprint density at radius 3 is 1.98 bits per heavy atom. The van der Waals surface area contributed by atoms with Crippen molar-refractivity contribution in [3.05, 3.63) is 189 Å². The number of nitrogens with one attached hydrogen (secondary N) is 3. The van der Waals surface area contributed by atoms with E-state index in [1.807, 2.05) is 53.9 Å². The molecule has 0 saturated heterocycles. The zero-order valence-corrected chi connectivity index (χ0v) is 29.0. The number of carbonyl (C=O) groups excluding carboxylic acids is 5. The number of thiophene rings is 1. The van der Waals surface area contributed by atoms with E-state index in [0.717, 1.165) is 15.3 Å². The van der Waals surface area contributed by atoms with Crippen LogP contribution in [0.25, 0.3) is 6.08 Å². The molecule has 0 bridgehead atoms. The number of carbonyl (C=O) groups is 5. The second-order valence-corrected chi connectivity index (χ2v) is 13.9. The quantitative estimate of drug-likeness (QED) is 0.0965. The smallest absolute Gasteiger partial charge is 0.272 e. The van der Waals surface area contributed by atoms with E-state index in [0.29, 0.717) is 22.4 Å². The number of amides is 3. The van der Waals surface area contributed by atoms with E-state index in [-0.39, 0.29) is 40.0 Å². The Bertz CT molecular complexity index is 2340. The van der Waals surface area contributed by atoms with Crippen molar-refractivity contribution in [2.45, 2.75) is 10.1 Å². The van der Waals surface area contributed by atoms with E-state index in [1.54, 1.807) is 97.1 Å². The van der Waals surface area contributed by atoms with Crippen LogP contribution < -0.4 is 16.0 Å². The molecule has 3 N–H and O–H groups in total. The molecule has 52 heavy (non-hydrogen) atoms. The van der Waals surface area contributed by atoms with Crippen molar-refractivity contribution in [2.24, 2.45) is 0 Å². The monoisotopic (exact) mass is 719 g/mol. The van der Waals surface area contributed by atoms with Crippen LogP contribution in [0.5, 0.6) is 0 Å². The predicted molar refractivity (Wildman–Crippen MR) is 205 cm³/mol. The summed E-state index contributed by atoms with van der Waals surface area (Å²) in [5, 5.41) is 9.68. The van der Waals surface area contributed by atoms with Crippen molar-refractivity contribution >= 4 is 69.8 Å². The third-order valence-corrected chi connectivity index (χ3v) is 10.4. The van der Waals surface area contributed by atoms with E-state index in [2.05, 4.69) is 16.0 Å². The first kappa shape index (κ1) is 34.1. The summed E-state index contributed by atoms with van der Waals surface area (Å²) in [7, 11) is 0. The first-order chi connectivity index (χ1) is 25.4. The molecule has 0 fully saturated rings. The molecule has 5 aromatic carbocycles. The molecule has 1 unspecified atom stereocenters. The van der Waals surface area contributed by atoms with Crippen LogP contribution in [-0.2, 0) is 9.59 Å². The zero-order valence-electron chi connectivity index (χ0n) is 27.4. The van der Waals surface area contributed by atoms with Crippen LogP contribution >= 0.6 is 23.1 Å². The fraction of sp³-hybridized carbons (Fsp3) is 0.0238. The summed E-state index contributed by atoms with van der Waals surface area (Å²) in [4.78, 5) is 68.8. The highest BCUT2D eigenvalue weighted by atomic mass is 32.2. The topological polar surface area (TPSA) is 121 Å². The Kier molecular flexibility index (Phi) is 10.0. The lowest BCUT2D eigenvalue weighted by Crippen LogP contribution is -2.30. The Morgan fingerprint density at radius 1 is 0.635 bits per heavy atom. The van der Waals surface area contributed by atoms with E-state index < -0.39 is 17.1 Å².